The Morgan fingerprint density at radius 1 is 1.42 bits per heavy atom. The summed E-state index contributed by atoms with van der Waals surface area (Å²) < 4.78 is 0.623. The van der Waals surface area contributed by atoms with E-state index in [2.05, 4.69) is 50.3 Å². The number of nitrogens with one attached hydrogen (secondary N) is 1. The maximum atomic E-state index is 11.9. The monoisotopic (exact) mass is 340 g/mol. The van der Waals surface area contributed by atoms with Crippen LogP contribution in [0.3, 0.4) is 0 Å². The molecule has 0 bridgehead atoms. The lowest BCUT2D eigenvalue weighted by molar-refractivity contribution is 0.102. The highest BCUT2D eigenvalue weighted by molar-refractivity contribution is 9.10. The van der Waals surface area contributed by atoms with Crippen LogP contribution in [0, 0.1) is 5.92 Å². The average Bonchev–Trinajstić information content (AvgIpc) is 2.75. The maximum absolute atomic E-state index is 11.9. The lowest BCUT2D eigenvalue weighted by Gasteiger charge is -2.00. The third-order valence-electron chi connectivity index (χ3n) is 2.22. The van der Waals surface area contributed by atoms with Crippen molar-refractivity contribution in [3.05, 3.63) is 33.5 Å². The van der Waals surface area contributed by atoms with Gasteiger partial charge in [0.2, 0.25) is 5.13 Å². The number of anilines is 1. The molecule has 0 aliphatic heterocycles. The van der Waals surface area contributed by atoms with E-state index in [1.807, 2.05) is 0 Å². The molecule has 100 valence electrons. The SMILES string of the molecule is CC(C)Cc1nnc(NC(=O)c2cccc(Br)n2)s1. The summed E-state index contributed by atoms with van der Waals surface area (Å²) in [7, 11) is 0. The van der Waals surface area contributed by atoms with Crippen molar-refractivity contribution in [1.82, 2.24) is 15.2 Å². The van der Waals surface area contributed by atoms with Gasteiger partial charge in [0.1, 0.15) is 15.3 Å². The number of pyridine rings is 1. The van der Waals surface area contributed by atoms with Crippen LogP contribution in [-0.4, -0.2) is 21.1 Å². The highest BCUT2D eigenvalue weighted by Crippen LogP contribution is 2.19. The third-order valence-corrected chi connectivity index (χ3v) is 3.52. The second-order valence-electron chi connectivity index (χ2n) is 4.40. The number of hydrogen-bond donors (Lipinski definition) is 1. The standard InChI is InChI=1S/C12H13BrN4OS/c1-7(2)6-10-16-17-12(19-10)15-11(18)8-4-3-5-9(13)14-8/h3-5,7H,6H2,1-2H3,(H,15,17,18). The molecule has 7 heteroatoms. The van der Waals surface area contributed by atoms with E-state index in [4.69, 9.17) is 0 Å². The molecular formula is C12H13BrN4OS. The molecule has 0 aromatic carbocycles. The molecule has 0 spiro atoms. The van der Waals surface area contributed by atoms with Crippen LogP contribution in [0.1, 0.15) is 29.3 Å². The van der Waals surface area contributed by atoms with Crippen LogP contribution in [0.4, 0.5) is 5.13 Å². The molecule has 5 nitrogen and oxygen atoms in total. The van der Waals surface area contributed by atoms with E-state index in [9.17, 15) is 4.79 Å². The Labute approximate surface area is 123 Å². The minimum atomic E-state index is -0.284. The number of rotatable bonds is 4. The molecule has 0 radical (unpaired) electrons. The Morgan fingerprint density at radius 3 is 2.89 bits per heavy atom. The zero-order valence-electron chi connectivity index (χ0n) is 10.6. The van der Waals surface area contributed by atoms with Gasteiger partial charge in [0, 0.05) is 6.42 Å². The van der Waals surface area contributed by atoms with Gasteiger partial charge >= 0.3 is 0 Å². The fraction of sp³-hybridized carbons (Fsp3) is 0.333. The van der Waals surface area contributed by atoms with Gasteiger partial charge in [0.05, 0.1) is 0 Å². The normalized spacial score (nSPS) is 10.7. The number of carbonyl (C=O) groups excluding carboxylic acids is 1. The minimum absolute atomic E-state index is 0.284. The molecule has 2 aromatic rings. The number of hydrogen-bond acceptors (Lipinski definition) is 5. The fourth-order valence-electron chi connectivity index (χ4n) is 1.43. The molecule has 2 rings (SSSR count). The Kier molecular flexibility index (Phi) is 4.60. The molecule has 2 heterocycles. The second-order valence-corrected chi connectivity index (χ2v) is 6.27. The van der Waals surface area contributed by atoms with E-state index in [1.54, 1.807) is 18.2 Å². The lowest BCUT2D eigenvalue weighted by atomic mass is 10.1. The molecule has 1 amide bonds. The molecule has 2 aromatic heterocycles. The van der Waals surface area contributed by atoms with Gasteiger partial charge in [0.25, 0.3) is 5.91 Å². The van der Waals surface area contributed by atoms with Crippen molar-refractivity contribution in [2.45, 2.75) is 20.3 Å². The molecular weight excluding hydrogens is 328 g/mol. The van der Waals surface area contributed by atoms with E-state index in [0.717, 1.165) is 11.4 Å². The van der Waals surface area contributed by atoms with Gasteiger partial charge < -0.3 is 0 Å². The van der Waals surface area contributed by atoms with Crippen molar-refractivity contribution in [2.24, 2.45) is 5.92 Å². The van der Waals surface area contributed by atoms with Crippen molar-refractivity contribution < 1.29 is 4.79 Å². The number of carbonyl (C=O) groups is 1. The summed E-state index contributed by atoms with van der Waals surface area (Å²) in [6, 6.07) is 5.18. The van der Waals surface area contributed by atoms with Crippen LogP contribution in [0.15, 0.2) is 22.8 Å². The van der Waals surface area contributed by atoms with Crippen LogP contribution in [0.2, 0.25) is 0 Å². The maximum Gasteiger partial charge on any atom is 0.276 e. The largest absolute Gasteiger partial charge is 0.295 e. The summed E-state index contributed by atoms with van der Waals surface area (Å²) in [5.41, 5.74) is 0.343. The summed E-state index contributed by atoms with van der Waals surface area (Å²) in [4.78, 5) is 16.0. The number of nitrogens with zero attached hydrogens (tertiary/aromatic N) is 3. The zero-order valence-corrected chi connectivity index (χ0v) is 13.0. The van der Waals surface area contributed by atoms with Gasteiger partial charge in [-0.15, -0.1) is 10.2 Å². The summed E-state index contributed by atoms with van der Waals surface area (Å²) in [5, 5.41) is 12.1. The predicted octanol–water partition coefficient (Wildman–Crippen LogP) is 3.15. The van der Waals surface area contributed by atoms with Crippen LogP contribution >= 0.6 is 27.3 Å². The fourth-order valence-corrected chi connectivity index (χ4v) is 2.72. The Morgan fingerprint density at radius 2 is 2.21 bits per heavy atom. The first-order valence-corrected chi connectivity index (χ1v) is 7.42. The second kappa shape index (κ2) is 6.21. The van der Waals surface area contributed by atoms with Gasteiger partial charge in [-0.05, 0) is 34.0 Å². The zero-order chi connectivity index (χ0) is 13.8. The average molecular weight is 341 g/mol. The van der Waals surface area contributed by atoms with E-state index >= 15 is 0 Å². The molecule has 19 heavy (non-hydrogen) atoms. The van der Waals surface area contributed by atoms with Crippen molar-refractivity contribution in [2.75, 3.05) is 5.32 Å². The Bertz CT molecular complexity index is 585. The highest BCUT2D eigenvalue weighted by atomic mass is 79.9. The van der Waals surface area contributed by atoms with Crippen molar-refractivity contribution in [3.8, 4) is 0 Å². The third kappa shape index (κ3) is 4.07. The van der Waals surface area contributed by atoms with E-state index in [-0.39, 0.29) is 5.91 Å². The molecule has 0 saturated carbocycles. The van der Waals surface area contributed by atoms with Crippen molar-refractivity contribution in [1.29, 1.82) is 0 Å². The number of halogens is 1. The van der Waals surface area contributed by atoms with Gasteiger partial charge in [-0.25, -0.2) is 4.98 Å². The predicted molar refractivity (Wildman–Crippen MR) is 78.3 cm³/mol. The number of aromatic nitrogens is 3. The molecule has 0 aliphatic carbocycles. The quantitative estimate of drug-likeness (QED) is 0.868. The van der Waals surface area contributed by atoms with Crippen molar-refractivity contribution in [3.63, 3.8) is 0 Å². The molecule has 0 fully saturated rings. The molecule has 1 N–H and O–H groups in total. The summed E-state index contributed by atoms with van der Waals surface area (Å²) in [6.45, 7) is 4.23. The molecule has 0 atom stereocenters. The van der Waals surface area contributed by atoms with Crippen LogP contribution in [-0.2, 0) is 6.42 Å². The molecule has 0 unspecified atom stereocenters. The van der Waals surface area contributed by atoms with E-state index < -0.39 is 0 Å². The lowest BCUT2D eigenvalue weighted by Crippen LogP contribution is -2.13. The van der Waals surface area contributed by atoms with E-state index in [0.29, 0.717) is 21.3 Å². The Hall–Kier alpha value is -1.34. The summed E-state index contributed by atoms with van der Waals surface area (Å²) in [5.74, 6) is 0.233. The summed E-state index contributed by atoms with van der Waals surface area (Å²) >= 11 is 4.63. The topological polar surface area (TPSA) is 67.8 Å². The van der Waals surface area contributed by atoms with Gasteiger partial charge in [-0.1, -0.05) is 31.3 Å². The highest BCUT2D eigenvalue weighted by Gasteiger charge is 2.12. The number of amides is 1. The first kappa shape index (κ1) is 14.1. The molecule has 0 saturated heterocycles. The van der Waals surface area contributed by atoms with Gasteiger partial charge in [0.15, 0.2) is 0 Å². The molecule has 0 aliphatic rings. The summed E-state index contributed by atoms with van der Waals surface area (Å²) in [6.07, 6.45) is 0.864. The minimum Gasteiger partial charge on any atom is -0.295 e. The first-order chi connectivity index (χ1) is 9.04. The van der Waals surface area contributed by atoms with Crippen LogP contribution < -0.4 is 5.32 Å². The smallest absolute Gasteiger partial charge is 0.276 e. The van der Waals surface area contributed by atoms with Gasteiger partial charge in [-0.3, -0.25) is 10.1 Å². The van der Waals surface area contributed by atoms with Crippen LogP contribution in [0.5, 0.6) is 0 Å². The first-order valence-electron chi connectivity index (χ1n) is 5.81. The van der Waals surface area contributed by atoms with Crippen molar-refractivity contribution >= 4 is 38.3 Å². The van der Waals surface area contributed by atoms with E-state index in [1.165, 1.54) is 11.3 Å². The van der Waals surface area contributed by atoms with Gasteiger partial charge in [-0.2, -0.15) is 0 Å². The van der Waals surface area contributed by atoms with Crippen LogP contribution in [0.25, 0.3) is 0 Å². The Balaban J connectivity index is 2.05.